The van der Waals surface area contributed by atoms with E-state index in [-0.39, 0.29) is 18.3 Å². The minimum Gasteiger partial charge on any atom is -0.330 e. The zero-order chi connectivity index (χ0) is 11.5. The molecule has 0 saturated carbocycles. The van der Waals surface area contributed by atoms with Crippen LogP contribution in [-0.2, 0) is 11.2 Å². The van der Waals surface area contributed by atoms with E-state index in [9.17, 15) is 4.79 Å². The van der Waals surface area contributed by atoms with Gasteiger partial charge in [-0.2, -0.15) is 9.89 Å². The zero-order valence-corrected chi connectivity index (χ0v) is 10.3. The third-order valence-electron chi connectivity index (χ3n) is 2.31. The molecule has 92 valence electrons. The summed E-state index contributed by atoms with van der Waals surface area (Å²) >= 11 is 0. The van der Waals surface area contributed by atoms with E-state index in [1.807, 2.05) is 24.3 Å². The average Bonchev–Trinajstić information content (AvgIpc) is 2.58. The maximum Gasteiger partial charge on any atom is 0.236 e. The van der Waals surface area contributed by atoms with Crippen molar-refractivity contribution in [1.82, 2.24) is 9.89 Å². The molecule has 0 bridgehead atoms. The third kappa shape index (κ3) is 2.75. The van der Waals surface area contributed by atoms with E-state index in [0.717, 1.165) is 16.6 Å². The number of fused-ring (bicyclic) bond motifs is 1. The van der Waals surface area contributed by atoms with E-state index in [4.69, 9.17) is 5.73 Å². The molecular formula is C11H15ClN4O. The first-order valence-electron chi connectivity index (χ1n) is 5.16. The van der Waals surface area contributed by atoms with Crippen molar-refractivity contribution in [3.05, 3.63) is 30.0 Å². The molecule has 3 N–H and O–H groups in total. The van der Waals surface area contributed by atoms with Crippen molar-refractivity contribution in [2.45, 2.75) is 13.3 Å². The molecule has 0 spiro atoms. The van der Waals surface area contributed by atoms with E-state index in [1.54, 1.807) is 0 Å². The molecule has 0 saturated heterocycles. The number of aromatic nitrogens is 2. The Bertz CT molecular complexity index is 523. The number of rotatable bonds is 3. The van der Waals surface area contributed by atoms with E-state index >= 15 is 0 Å². The zero-order valence-electron chi connectivity index (χ0n) is 9.51. The highest BCUT2D eigenvalue weighted by Crippen LogP contribution is 2.17. The standard InChI is InChI=1S/C11H14N4O.ClH/c1-8(16)13-15-11-5-3-2-4-9(11)10(14-15)6-7-12;/h2-5H,6-7,12H2,1H3,(H,13,16);1H. The van der Waals surface area contributed by atoms with Crippen LogP contribution in [0.2, 0.25) is 0 Å². The summed E-state index contributed by atoms with van der Waals surface area (Å²) in [4.78, 5) is 12.5. The first-order chi connectivity index (χ1) is 7.72. The molecule has 0 radical (unpaired) electrons. The number of nitrogens with zero attached hydrogens (tertiary/aromatic N) is 2. The Balaban J connectivity index is 0.00000144. The van der Waals surface area contributed by atoms with Crippen LogP contribution in [0.15, 0.2) is 24.3 Å². The van der Waals surface area contributed by atoms with Gasteiger partial charge in [-0.1, -0.05) is 18.2 Å². The number of hydrogen-bond donors (Lipinski definition) is 2. The number of nitrogens with two attached hydrogens (primary N) is 1. The predicted octanol–water partition coefficient (Wildman–Crippen LogP) is 1.05. The summed E-state index contributed by atoms with van der Waals surface area (Å²) in [6.45, 7) is 2.00. The minimum atomic E-state index is -0.146. The average molecular weight is 255 g/mol. The summed E-state index contributed by atoms with van der Waals surface area (Å²) in [5, 5.41) is 5.35. The molecule has 17 heavy (non-hydrogen) atoms. The van der Waals surface area contributed by atoms with Crippen molar-refractivity contribution in [3.8, 4) is 0 Å². The Morgan fingerprint density at radius 3 is 2.82 bits per heavy atom. The van der Waals surface area contributed by atoms with E-state index < -0.39 is 0 Å². The molecule has 1 aromatic carbocycles. The lowest BCUT2D eigenvalue weighted by Crippen LogP contribution is -2.21. The molecule has 2 aromatic rings. The van der Waals surface area contributed by atoms with Gasteiger partial charge in [-0.25, -0.2) is 5.43 Å². The van der Waals surface area contributed by atoms with Crippen LogP contribution in [0.1, 0.15) is 12.6 Å². The van der Waals surface area contributed by atoms with Gasteiger partial charge >= 0.3 is 0 Å². The molecule has 0 fully saturated rings. The fourth-order valence-electron chi connectivity index (χ4n) is 1.69. The van der Waals surface area contributed by atoms with E-state index in [0.29, 0.717) is 13.0 Å². The Labute approximate surface area is 105 Å². The lowest BCUT2D eigenvalue weighted by molar-refractivity contribution is -0.115. The van der Waals surface area contributed by atoms with Gasteiger partial charge in [0.2, 0.25) is 5.91 Å². The summed E-state index contributed by atoms with van der Waals surface area (Å²) in [5.74, 6) is -0.146. The summed E-state index contributed by atoms with van der Waals surface area (Å²) in [7, 11) is 0. The number of amides is 1. The van der Waals surface area contributed by atoms with Crippen molar-refractivity contribution in [2.75, 3.05) is 12.0 Å². The van der Waals surface area contributed by atoms with Gasteiger partial charge in [0.25, 0.3) is 0 Å². The Kier molecular flexibility index (Phi) is 4.48. The van der Waals surface area contributed by atoms with Crippen LogP contribution in [0.25, 0.3) is 10.9 Å². The van der Waals surface area contributed by atoms with Crippen molar-refractivity contribution in [2.24, 2.45) is 5.73 Å². The highest BCUT2D eigenvalue weighted by atomic mass is 35.5. The fraction of sp³-hybridized carbons (Fsp3) is 0.273. The molecule has 1 heterocycles. The quantitative estimate of drug-likeness (QED) is 0.860. The molecule has 0 atom stereocenters. The van der Waals surface area contributed by atoms with Crippen LogP contribution in [-0.4, -0.2) is 22.3 Å². The molecule has 0 unspecified atom stereocenters. The number of carbonyl (C=O) groups excluding carboxylic acids is 1. The van der Waals surface area contributed by atoms with Gasteiger partial charge in [-0.3, -0.25) is 4.79 Å². The van der Waals surface area contributed by atoms with Gasteiger partial charge in [0.1, 0.15) is 0 Å². The van der Waals surface area contributed by atoms with Crippen molar-refractivity contribution in [3.63, 3.8) is 0 Å². The second-order valence-electron chi connectivity index (χ2n) is 3.58. The first-order valence-corrected chi connectivity index (χ1v) is 5.16. The van der Waals surface area contributed by atoms with Crippen LogP contribution < -0.4 is 11.2 Å². The Hall–Kier alpha value is -1.59. The monoisotopic (exact) mass is 254 g/mol. The van der Waals surface area contributed by atoms with Gasteiger partial charge in [-0.15, -0.1) is 12.4 Å². The van der Waals surface area contributed by atoms with Crippen LogP contribution >= 0.6 is 12.4 Å². The number of para-hydroxylation sites is 1. The topological polar surface area (TPSA) is 72.9 Å². The molecule has 1 aromatic heterocycles. The predicted molar refractivity (Wildman–Crippen MR) is 69.8 cm³/mol. The Morgan fingerprint density at radius 1 is 1.47 bits per heavy atom. The number of halogens is 1. The van der Waals surface area contributed by atoms with Gasteiger partial charge in [0, 0.05) is 18.7 Å². The number of hydrogen-bond acceptors (Lipinski definition) is 3. The SMILES string of the molecule is CC(=O)Nn1nc(CCN)c2ccccc21.Cl. The van der Waals surface area contributed by atoms with Crippen LogP contribution in [0.4, 0.5) is 0 Å². The maximum atomic E-state index is 11.0. The van der Waals surface area contributed by atoms with Crippen molar-refractivity contribution < 1.29 is 4.79 Å². The molecule has 6 heteroatoms. The molecule has 1 amide bonds. The number of benzene rings is 1. The molecule has 5 nitrogen and oxygen atoms in total. The number of nitrogens with one attached hydrogen (secondary N) is 1. The van der Waals surface area contributed by atoms with Crippen molar-refractivity contribution in [1.29, 1.82) is 0 Å². The highest BCUT2D eigenvalue weighted by Gasteiger charge is 2.09. The fourth-order valence-corrected chi connectivity index (χ4v) is 1.69. The summed E-state index contributed by atoms with van der Waals surface area (Å²) in [6.07, 6.45) is 0.701. The van der Waals surface area contributed by atoms with E-state index in [1.165, 1.54) is 11.7 Å². The first kappa shape index (κ1) is 13.5. The van der Waals surface area contributed by atoms with Crippen LogP contribution in [0, 0.1) is 0 Å². The summed E-state index contributed by atoms with van der Waals surface area (Å²) in [6, 6.07) is 7.75. The van der Waals surface area contributed by atoms with Gasteiger partial charge in [0.05, 0.1) is 11.2 Å². The normalized spacial score (nSPS) is 10.0. The van der Waals surface area contributed by atoms with Crippen molar-refractivity contribution >= 4 is 29.2 Å². The van der Waals surface area contributed by atoms with Crippen LogP contribution in [0.3, 0.4) is 0 Å². The molecule has 0 aliphatic rings. The summed E-state index contributed by atoms with van der Waals surface area (Å²) < 4.78 is 0. The summed E-state index contributed by atoms with van der Waals surface area (Å²) in [5.41, 5.74) is 9.98. The lowest BCUT2D eigenvalue weighted by atomic mass is 10.2. The van der Waals surface area contributed by atoms with Crippen LogP contribution in [0.5, 0.6) is 0 Å². The molecular weight excluding hydrogens is 240 g/mol. The van der Waals surface area contributed by atoms with Gasteiger partial charge < -0.3 is 5.73 Å². The second-order valence-corrected chi connectivity index (χ2v) is 3.58. The second kappa shape index (κ2) is 5.65. The van der Waals surface area contributed by atoms with Gasteiger partial charge in [0.15, 0.2) is 0 Å². The molecule has 0 aliphatic heterocycles. The highest BCUT2D eigenvalue weighted by molar-refractivity contribution is 5.86. The minimum absolute atomic E-state index is 0. The number of carbonyl (C=O) groups is 1. The molecule has 0 aliphatic carbocycles. The maximum absolute atomic E-state index is 11.0. The largest absolute Gasteiger partial charge is 0.330 e. The Morgan fingerprint density at radius 2 is 2.18 bits per heavy atom. The smallest absolute Gasteiger partial charge is 0.236 e. The van der Waals surface area contributed by atoms with Gasteiger partial charge in [-0.05, 0) is 12.6 Å². The lowest BCUT2D eigenvalue weighted by Gasteiger charge is -2.01. The van der Waals surface area contributed by atoms with E-state index in [2.05, 4.69) is 10.5 Å². The molecule has 2 rings (SSSR count). The third-order valence-corrected chi connectivity index (χ3v) is 2.31.